The number of hydrogen-bond acceptors (Lipinski definition) is 4. The first-order valence-corrected chi connectivity index (χ1v) is 10.7. The number of carbonyl (C=O) groups excluding carboxylic acids is 1. The van der Waals surface area contributed by atoms with Crippen molar-refractivity contribution in [2.24, 2.45) is 4.99 Å². The lowest BCUT2D eigenvalue weighted by Crippen LogP contribution is -2.38. The molecule has 1 aromatic heterocycles. The molecular formula is C21H31N5OS. The number of amides is 1. The molecule has 0 aliphatic rings. The minimum atomic E-state index is -0.0354. The number of rotatable bonds is 9. The van der Waals surface area contributed by atoms with Crippen LogP contribution in [0, 0.1) is 13.8 Å². The van der Waals surface area contributed by atoms with Gasteiger partial charge in [-0.25, -0.2) is 9.98 Å². The van der Waals surface area contributed by atoms with Gasteiger partial charge in [0.15, 0.2) is 5.96 Å². The van der Waals surface area contributed by atoms with Crippen molar-refractivity contribution in [1.82, 2.24) is 20.9 Å². The first-order chi connectivity index (χ1) is 13.5. The molecule has 0 spiro atoms. The summed E-state index contributed by atoms with van der Waals surface area (Å²) in [6.07, 6.45) is 1.80. The Hall–Kier alpha value is -2.41. The van der Waals surface area contributed by atoms with E-state index in [4.69, 9.17) is 0 Å². The molecule has 0 saturated carbocycles. The van der Waals surface area contributed by atoms with Gasteiger partial charge in [0.2, 0.25) is 0 Å². The molecular weight excluding hydrogens is 370 g/mol. The van der Waals surface area contributed by atoms with E-state index in [-0.39, 0.29) is 5.91 Å². The van der Waals surface area contributed by atoms with E-state index >= 15 is 0 Å². The van der Waals surface area contributed by atoms with Crippen molar-refractivity contribution in [3.8, 4) is 0 Å². The molecule has 0 bridgehead atoms. The van der Waals surface area contributed by atoms with Crippen LogP contribution in [0.4, 0.5) is 0 Å². The van der Waals surface area contributed by atoms with Crippen LogP contribution in [-0.2, 0) is 13.0 Å². The third kappa shape index (κ3) is 6.96. The maximum atomic E-state index is 12.1. The first-order valence-electron chi connectivity index (χ1n) is 9.85. The predicted octanol–water partition coefficient (Wildman–Crippen LogP) is 3.20. The smallest absolute Gasteiger partial charge is 0.251 e. The van der Waals surface area contributed by atoms with Crippen molar-refractivity contribution in [1.29, 1.82) is 0 Å². The maximum Gasteiger partial charge on any atom is 0.251 e. The normalized spacial score (nSPS) is 11.4. The van der Waals surface area contributed by atoms with Gasteiger partial charge in [-0.1, -0.05) is 19.1 Å². The molecule has 1 heterocycles. The highest BCUT2D eigenvalue weighted by Crippen LogP contribution is 2.16. The minimum Gasteiger partial charge on any atom is -0.357 e. The van der Waals surface area contributed by atoms with Crippen molar-refractivity contribution in [2.75, 3.05) is 19.6 Å². The summed E-state index contributed by atoms with van der Waals surface area (Å²) in [6, 6.07) is 7.63. The number of nitrogens with zero attached hydrogens (tertiary/aromatic N) is 2. The summed E-state index contributed by atoms with van der Waals surface area (Å²) in [5, 5.41) is 10.7. The van der Waals surface area contributed by atoms with Crippen LogP contribution in [0.25, 0.3) is 0 Å². The quantitative estimate of drug-likeness (QED) is 0.445. The van der Waals surface area contributed by atoms with Crippen LogP contribution < -0.4 is 16.0 Å². The molecule has 7 heteroatoms. The minimum absolute atomic E-state index is 0.0354. The number of thiazole rings is 1. The Morgan fingerprint density at radius 3 is 2.64 bits per heavy atom. The monoisotopic (exact) mass is 401 g/mol. The third-order valence-corrected chi connectivity index (χ3v) is 5.33. The van der Waals surface area contributed by atoms with Crippen molar-refractivity contribution in [3.05, 3.63) is 51.0 Å². The molecule has 0 atom stereocenters. The summed E-state index contributed by atoms with van der Waals surface area (Å²) in [5.74, 6) is 0.736. The Bertz CT molecular complexity index is 780. The highest BCUT2D eigenvalue weighted by atomic mass is 32.1. The van der Waals surface area contributed by atoms with Crippen LogP contribution in [0.1, 0.15) is 51.8 Å². The van der Waals surface area contributed by atoms with Crippen molar-refractivity contribution >= 4 is 23.2 Å². The van der Waals surface area contributed by atoms with Crippen LogP contribution >= 0.6 is 11.3 Å². The van der Waals surface area contributed by atoms with Gasteiger partial charge in [0.25, 0.3) is 5.91 Å². The lowest BCUT2D eigenvalue weighted by molar-refractivity contribution is 0.0953. The number of hydrogen-bond donors (Lipinski definition) is 3. The maximum absolute atomic E-state index is 12.1. The van der Waals surface area contributed by atoms with E-state index in [0.717, 1.165) is 48.2 Å². The number of aromatic nitrogens is 1. The average molecular weight is 402 g/mol. The molecule has 0 unspecified atom stereocenters. The highest BCUT2D eigenvalue weighted by molar-refractivity contribution is 7.11. The Morgan fingerprint density at radius 1 is 1.14 bits per heavy atom. The summed E-state index contributed by atoms with van der Waals surface area (Å²) >= 11 is 1.75. The Morgan fingerprint density at radius 2 is 1.96 bits per heavy atom. The lowest BCUT2D eigenvalue weighted by atomic mass is 10.1. The molecule has 152 valence electrons. The van der Waals surface area contributed by atoms with E-state index in [1.165, 1.54) is 4.88 Å². The summed E-state index contributed by atoms with van der Waals surface area (Å²) in [6.45, 7) is 11.0. The Kier molecular flexibility index (Phi) is 8.94. The van der Waals surface area contributed by atoms with Crippen molar-refractivity contribution < 1.29 is 4.79 Å². The zero-order chi connectivity index (χ0) is 20.4. The van der Waals surface area contributed by atoms with Gasteiger partial charge in [0.05, 0.1) is 17.2 Å². The van der Waals surface area contributed by atoms with Gasteiger partial charge in [0, 0.05) is 36.5 Å². The number of benzene rings is 1. The van der Waals surface area contributed by atoms with Crippen LogP contribution in [0.2, 0.25) is 0 Å². The van der Waals surface area contributed by atoms with Gasteiger partial charge in [-0.15, -0.1) is 11.3 Å². The fraction of sp³-hybridized carbons (Fsp3) is 0.476. The van der Waals surface area contributed by atoms with Gasteiger partial charge >= 0.3 is 0 Å². The van der Waals surface area contributed by atoms with E-state index in [1.54, 1.807) is 11.3 Å². The molecule has 2 aromatic rings. The van der Waals surface area contributed by atoms with Gasteiger partial charge in [-0.05, 0) is 44.9 Å². The molecule has 0 aliphatic carbocycles. The van der Waals surface area contributed by atoms with E-state index in [9.17, 15) is 4.79 Å². The fourth-order valence-corrected chi connectivity index (χ4v) is 3.53. The topological polar surface area (TPSA) is 78.4 Å². The predicted molar refractivity (Wildman–Crippen MR) is 117 cm³/mol. The number of carbonyl (C=O) groups is 1. The molecule has 3 N–H and O–H groups in total. The van der Waals surface area contributed by atoms with Crippen molar-refractivity contribution in [2.45, 2.75) is 47.1 Å². The molecule has 28 heavy (non-hydrogen) atoms. The van der Waals surface area contributed by atoms with Crippen molar-refractivity contribution in [3.63, 3.8) is 0 Å². The number of aliphatic imine (C=N–C) groups is 1. The average Bonchev–Trinajstić information content (AvgIpc) is 3.01. The first kappa shape index (κ1) is 21.9. The van der Waals surface area contributed by atoms with Gasteiger partial charge in [0.1, 0.15) is 0 Å². The standard InChI is InChI=1S/C21H31N5OS/c1-5-11-23-20(27)18-9-7-8-17(13-18)14-25-21(22-6-2)24-12-10-19-26-15(3)16(4)28-19/h7-9,13H,5-6,10-12,14H2,1-4H3,(H,23,27)(H2,22,24,25). The Labute approximate surface area is 171 Å². The highest BCUT2D eigenvalue weighted by Gasteiger charge is 2.06. The summed E-state index contributed by atoms with van der Waals surface area (Å²) in [7, 11) is 0. The molecule has 1 aromatic carbocycles. The second kappa shape index (κ2) is 11.4. The Balaban J connectivity index is 1.93. The molecule has 0 radical (unpaired) electrons. The van der Waals surface area contributed by atoms with Crippen LogP contribution in [-0.4, -0.2) is 36.5 Å². The van der Waals surface area contributed by atoms with E-state index in [2.05, 4.69) is 32.9 Å². The SMILES string of the molecule is CCCNC(=O)c1cccc(CN=C(NCC)NCCc2nc(C)c(C)s2)c1. The van der Waals surface area contributed by atoms with E-state index < -0.39 is 0 Å². The summed E-state index contributed by atoms with van der Waals surface area (Å²) in [4.78, 5) is 22.6. The van der Waals surface area contributed by atoms with Gasteiger partial charge in [-0.2, -0.15) is 0 Å². The summed E-state index contributed by atoms with van der Waals surface area (Å²) < 4.78 is 0. The fourth-order valence-electron chi connectivity index (χ4n) is 2.60. The van der Waals surface area contributed by atoms with Gasteiger partial charge < -0.3 is 16.0 Å². The molecule has 0 fully saturated rings. The summed E-state index contributed by atoms with van der Waals surface area (Å²) in [5.41, 5.74) is 2.80. The molecule has 0 aliphatic heterocycles. The van der Waals surface area contributed by atoms with Gasteiger partial charge in [-0.3, -0.25) is 4.79 Å². The van der Waals surface area contributed by atoms with E-state index in [1.807, 2.05) is 45.0 Å². The lowest BCUT2D eigenvalue weighted by Gasteiger charge is -2.11. The third-order valence-electron chi connectivity index (χ3n) is 4.19. The number of aryl methyl sites for hydroxylation is 2. The number of nitrogens with one attached hydrogen (secondary N) is 3. The molecule has 0 saturated heterocycles. The van der Waals surface area contributed by atoms with E-state index in [0.29, 0.717) is 18.7 Å². The molecule has 1 amide bonds. The number of guanidine groups is 1. The second-order valence-corrected chi connectivity index (χ2v) is 7.87. The van der Waals surface area contributed by atoms with Crippen LogP contribution in [0.3, 0.4) is 0 Å². The molecule has 6 nitrogen and oxygen atoms in total. The van der Waals surface area contributed by atoms with Crippen LogP contribution in [0.15, 0.2) is 29.3 Å². The largest absolute Gasteiger partial charge is 0.357 e. The zero-order valence-corrected chi connectivity index (χ0v) is 18.1. The molecule has 2 rings (SSSR count). The second-order valence-electron chi connectivity index (χ2n) is 6.58. The zero-order valence-electron chi connectivity index (χ0n) is 17.3. The van der Waals surface area contributed by atoms with Crippen LogP contribution in [0.5, 0.6) is 0 Å².